The number of carbonyl (C=O) groups is 2. The molecule has 1 heterocycles. The van der Waals surface area contributed by atoms with Gasteiger partial charge in [-0.1, -0.05) is 53.2 Å². The Bertz CT molecular complexity index is 449. The number of imide groups is 1. The van der Waals surface area contributed by atoms with Crippen molar-refractivity contribution in [3.63, 3.8) is 0 Å². The number of hydrogen-bond acceptors (Lipinski definition) is 3. The molecule has 0 bridgehead atoms. The number of alkyl halides is 1. The first-order valence-electron chi connectivity index (χ1n) is 5.84. The van der Waals surface area contributed by atoms with E-state index in [1.807, 2.05) is 37.3 Å². The molecule has 1 aromatic carbocycles. The molecule has 4 nitrogen and oxygen atoms in total. The number of cyclic esters (lactones) is 1. The zero-order chi connectivity index (χ0) is 13.1. The molecule has 0 radical (unpaired) electrons. The minimum absolute atomic E-state index is 0.220. The Morgan fingerprint density at radius 1 is 1.50 bits per heavy atom. The van der Waals surface area contributed by atoms with Crippen LogP contribution in [0.2, 0.25) is 0 Å². The third-order valence-electron chi connectivity index (χ3n) is 2.92. The molecule has 1 aliphatic rings. The summed E-state index contributed by atoms with van der Waals surface area (Å²) in [7, 11) is 0. The first-order valence-corrected chi connectivity index (χ1v) is 6.75. The number of halogens is 1. The van der Waals surface area contributed by atoms with Gasteiger partial charge in [-0.25, -0.2) is 9.69 Å². The standard InChI is InChI=1S/C13H14BrNO3/c1-2-10(14)12(16)15-11(8-18-13(15)17)9-6-4-3-5-7-9/h3-7,10-11H,2,8H2,1H3/t10?,11-/m0/s1. The molecular formula is C13H14BrNO3. The Balaban J connectivity index is 2.26. The van der Waals surface area contributed by atoms with Gasteiger partial charge in [0, 0.05) is 0 Å². The topological polar surface area (TPSA) is 46.6 Å². The number of amides is 2. The molecule has 1 unspecified atom stereocenters. The maximum atomic E-state index is 12.1. The number of ether oxygens (including phenoxy) is 1. The Morgan fingerprint density at radius 3 is 2.78 bits per heavy atom. The van der Waals surface area contributed by atoms with E-state index >= 15 is 0 Å². The van der Waals surface area contributed by atoms with Gasteiger partial charge in [-0.2, -0.15) is 0 Å². The lowest BCUT2D eigenvalue weighted by molar-refractivity contribution is -0.128. The van der Waals surface area contributed by atoms with E-state index in [-0.39, 0.29) is 23.4 Å². The van der Waals surface area contributed by atoms with E-state index in [1.165, 1.54) is 4.90 Å². The summed E-state index contributed by atoms with van der Waals surface area (Å²) in [5.41, 5.74) is 0.910. The summed E-state index contributed by atoms with van der Waals surface area (Å²) >= 11 is 3.28. The average Bonchev–Trinajstić information content (AvgIpc) is 2.80. The van der Waals surface area contributed by atoms with Gasteiger partial charge in [0.2, 0.25) is 5.91 Å². The predicted octanol–water partition coefficient (Wildman–Crippen LogP) is 2.88. The van der Waals surface area contributed by atoms with E-state index in [0.29, 0.717) is 6.42 Å². The second kappa shape index (κ2) is 5.52. The smallest absolute Gasteiger partial charge is 0.417 e. The second-order valence-corrected chi connectivity index (χ2v) is 5.19. The summed E-state index contributed by atoms with van der Waals surface area (Å²) in [6, 6.07) is 9.12. The van der Waals surface area contributed by atoms with Crippen LogP contribution in [0.3, 0.4) is 0 Å². The van der Waals surface area contributed by atoms with Crippen molar-refractivity contribution in [3.05, 3.63) is 35.9 Å². The first-order chi connectivity index (χ1) is 8.65. The Labute approximate surface area is 114 Å². The number of carbonyl (C=O) groups excluding carboxylic acids is 2. The fourth-order valence-electron chi connectivity index (χ4n) is 1.91. The highest BCUT2D eigenvalue weighted by molar-refractivity contribution is 9.10. The zero-order valence-electron chi connectivity index (χ0n) is 10.0. The monoisotopic (exact) mass is 311 g/mol. The number of rotatable bonds is 3. The van der Waals surface area contributed by atoms with Crippen molar-refractivity contribution in [3.8, 4) is 0 Å². The Kier molecular flexibility index (Phi) is 4.01. The first kappa shape index (κ1) is 13.1. The minimum Gasteiger partial charge on any atom is -0.446 e. The summed E-state index contributed by atoms with van der Waals surface area (Å²) in [5.74, 6) is -0.242. The molecule has 96 valence electrons. The van der Waals surface area contributed by atoms with Crippen LogP contribution in [0.4, 0.5) is 4.79 Å². The van der Waals surface area contributed by atoms with Crippen molar-refractivity contribution < 1.29 is 14.3 Å². The fraction of sp³-hybridized carbons (Fsp3) is 0.385. The largest absolute Gasteiger partial charge is 0.446 e. The van der Waals surface area contributed by atoms with Crippen LogP contribution < -0.4 is 0 Å². The molecule has 2 atom stereocenters. The molecular weight excluding hydrogens is 298 g/mol. The van der Waals surface area contributed by atoms with Gasteiger partial charge >= 0.3 is 6.09 Å². The van der Waals surface area contributed by atoms with Crippen LogP contribution in [0.5, 0.6) is 0 Å². The van der Waals surface area contributed by atoms with Gasteiger partial charge in [0.1, 0.15) is 12.6 Å². The van der Waals surface area contributed by atoms with E-state index in [1.54, 1.807) is 0 Å². The van der Waals surface area contributed by atoms with Gasteiger partial charge in [-0.3, -0.25) is 4.79 Å². The highest BCUT2D eigenvalue weighted by atomic mass is 79.9. The lowest BCUT2D eigenvalue weighted by Gasteiger charge is -2.21. The molecule has 1 aromatic rings. The Morgan fingerprint density at radius 2 is 2.17 bits per heavy atom. The van der Waals surface area contributed by atoms with Gasteiger partial charge < -0.3 is 4.74 Å². The Hall–Kier alpha value is -1.36. The molecule has 0 aliphatic carbocycles. The van der Waals surface area contributed by atoms with Crippen LogP contribution >= 0.6 is 15.9 Å². The molecule has 5 heteroatoms. The molecule has 0 N–H and O–H groups in total. The quantitative estimate of drug-likeness (QED) is 0.806. The van der Waals surface area contributed by atoms with E-state index in [4.69, 9.17) is 4.74 Å². The van der Waals surface area contributed by atoms with Crippen LogP contribution in [0.25, 0.3) is 0 Å². The van der Waals surface area contributed by atoms with Crippen LogP contribution in [-0.4, -0.2) is 28.3 Å². The highest BCUT2D eigenvalue weighted by Crippen LogP contribution is 2.29. The maximum Gasteiger partial charge on any atom is 0.417 e. The highest BCUT2D eigenvalue weighted by Gasteiger charge is 2.40. The zero-order valence-corrected chi connectivity index (χ0v) is 11.6. The van der Waals surface area contributed by atoms with Crippen LogP contribution in [0.15, 0.2) is 30.3 Å². The van der Waals surface area contributed by atoms with Gasteiger partial charge in [0.05, 0.1) is 4.83 Å². The van der Waals surface area contributed by atoms with Crippen molar-refractivity contribution in [2.45, 2.75) is 24.2 Å². The third kappa shape index (κ3) is 2.41. The molecule has 0 spiro atoms. The van der Waals surface area contributed by atoms with Gasteiger partial charge in [0.25, 0.3) is 0 Å². The number of nitrogens with zero attached hydrogens (tertiary/aromatic N) is 1. The van der Waals surface area contributed by atoms with Crippen LogP contribution in [0.1, 0.15) is 24.9 Å². The fourth-order valence-corrected chi connectivity index (χ4v) is 2.13. The van der Waals surface area contributed by atoms with Crippen molar-refractivity contribution in [2.24, 2.45) is 0 Å². The van der Waals surface area contributed by atoms with Crippen LogP contribution in [-0.2, 0) is 9.53 Å². The molecule has 18 heavy (non-hydrogen) atoms. The molecule has 0 aromatic heterocycles. The van der Waals surface area contributed by atoms with E-state index in [2.05, 4.69) is 15.9 Å². The SMILES string of the molecule is CCC(Br)C(=O)N1C(=O)OC[C@H]1c1ccccc1. The summed E-state index contributed by atoms with van der Waals surface area (Å²) in [4.78, 5) is 24.7. The van der Waals surface area contributed by atoms with Gasteiger partial charge in [-0.15, -0.1) is 0 Å². The molecule has 2 amide bonds. The predicted molar refractivity (Wildman–Crippen MR) is 70.4 cm³/mol. The number of benzene rings is 1. The molecule has 0 saturated carbocycles. The van der Waals surface area contributed by atoms with E-state index in [0.717, 1.165) is 5.56 Å². The van der Waals surface area contributed by atoms with Crippen molar-refractivity contribution in [2.75, 3.05) is 6.61 Å². The van der Waals surface area contributed by atoms with Gasteiger partial charge in [0.15, 0.2) is 0 Å². The van der Waals surface area contributed by atoms with Crippen molar-refractivity contribution in [1.29, 1.82) is 0 Å². The summed E-state index contributed by atoms with van der Waals surface area (Å²) in [6.45, 7) is 2.11. The van der Waals surface area contributed by atoms with Crippen LogP contribution in [0, 0.1) is 0 Å². The molecule has 1 fully saturated rings. The summed E-state index contributed by atoms with van der Waals surface area (Å²) in [5, 5.41) is 0. The summed E-state index contributed by atoms with van der Waals surface area (Å²) < 4.78 is 4.99. The van der Waals surface area contributed by atoms with Gasteiger partial charge in [-0.05, 0) is 12.0 Å². The molecule has 2 rings (SSSR count). The second-order valence-electron chi connectivity index (χ2n) is 4.09. The maximum absolute atomic E-state index is 12.1. The molecule has 1 saturated heterocycles. The van der Waals surface area contributed by atoms with Crippen molar-refractivity contribution >= 4 is 27.9 Å². The van der Waals surface area contributed by atoms with E-state index < -0.39 is 6.09 Å². The number of hydrogen-bond donors (Lipinski definition) is 0. The average molecular weight is 312 g/mol. The lowest BCUT2D eigenvalue weighted by atomic mass is 10.1. The lowest BCUT2D eigenvalue weighted by Crippen LogP contribution is -2.38. The third-order valence-corrected chi connectivity index (χ3v) is 3.96. The summed E-state index contributed by atoms with van der Waals surface area (Å²) in [6.07, 6.45) is 0.0659. The van der Waals surface area contributed by atoms with Crippen molar-refractivity contribution in [1.82, 2.24) is 4.90 Å². The van der Waals surface area contributed by atoms with E-state index in [9.17, 15) is 9.59 Å². The normalized spacial score (nSPS) is 20.7. The minimum atomic E-state index is -0.563. The molecule has 1 aliphatic heterocycles.